The first-order valence-electron chi connectivity index (χ1n) is 13.2. The Morgan fingerprint density at radius 3 is 2.64 bits per heavy atom. The number of aryl methyl sites for hydroxylation is 1. The number of hydrogen-bond acceptors (Lipinski definition) is 7. The molecular weight excluding hydrogens is 490 g/mol. The zero-order valence-corrected chi connectivity index (χ0v) is 22.6. The third-order valence-corrected chi connectivity index (χ3v) is 7.48. The van der Waals surface area contributed by atoms with E-state index < -0.39 is 0 Å². The van der Waals surface area contributed by atoms with Crippen LogP contribution in [0, 0.1) is 18.3 Å². The lowest BCUT2D eigenvalue weighted by Gasteiger charge is -2.36. The molecular formula is C30H33N7O2. The molecule has 2 aromatic carbocycles. The molecule has 3 heterocycles. The predicted molar refractivity (Wildman–Crippen MR) is 151 cm³/mol. The summed E-state index contributed by atoms with van der Waals surface area (Å²) in [6.07, 6.45) is 7.85. The average Bonchev–Trinajstić information content (AvgIpc) is 3.41. The minimum absolute atomic E-state index is 0.0646. The van der Waals surface area contributed by atoms with Gasteiger partial charge in [-0.15, -0.1) is 0 Å². The fraction of sp³-hybridized carbons (Fsp3) is 0.333. The highest BCUT2D eigenvalue weighted by Crippen LogP contribution is 2.28. The van der Waals surface area contributed by atoms with Crippen molar-refractivity contribution in [3.8, 4) is 23.1 Å². The number of piperidine rings is 1. The number of ether oxygens (including phenoxy) is 1. The lowest BCUT2D eigenvalue weighted by atomic mass is 10.0. The molecule has 2 aromatic heterocycles. The Bertz CT molecular complexity index is 1500. The minimum Gasteiger partial charge on any atom is -0.497 e. The number of nitrogens with one attached hydrogen (secondary N) is 1. The van der Waals surface area contributed by atoms with Crippen LogP contribution in [0.25, 0.3) is 16.9 Å². The Labute approximate surface area is 228 Å². The molecule has 0 aliphatic carbocycles. The Balaban J connectivity index is 1.28. The van der Waals surface area contributed by atoms with Crippen molar-refractivity contribution in [3.63, 3.8) is 0 Å². The minimum atomic E-state index is 0.0646. The first-order valence-corrected chi connectivity index (χ1v) is 13.2. The topological polar surface area (TPSA) is 98.8 Å². The van der Waals surface area contributed by atoms with Crippen molar-refractivity contribution in [1.82, 2.24) is 24.2 Å². The summed E-state index contributed by atoms with van der Waals surface area (Å²) >= 11 is 0. The first-order chi connectivity index (χ1) is 19.0. The molecule has 9 heteroatoms. The van der Waals surface area contributed by atoms with Crippen molar-refractivity contribution in [2.45, 2.75) is 32.2 Å². The standard InChI is InChI=1S/C30H33N7O2/c1-21-19-23(7-10-26(21)30(38)36-16-11-24(12-17-36)35(2)15-4-13-31)34-28-29-33-20-27(37(29)18-14-32-28)22-5-8-25(39-3)9-6-22/h5-10,14,18-20,24H,4,11-12,15-17H2,1-3H3,(H,32,34). The molecule has 0 radical (unpaired) electrons. The van der Waals surface area contributed by atoms with Crippen LogP contribution in [0.4, 0.5) is 11.5 Å². The second-order valence-corrected chi connectivity index (χ2v) is 9.91. The largest absolute Gasteiger partial charge is 0.497 e. The number of likely N-dealkylation sites (tertiary alicyclic amines) is 1. The molecule has 9 nitrogen and oxygen atoms in total. The number of aromatic nitrogens is 3. The molecule has 1 fully saturated rings. The van der Waals surface area contributed by atoms with Crippen LogP contribution in [0.2, 0.25) is 0 Å². The Morgan fingerprint density at radius 2 is 1.95 bits per heavy atom. The molecule has 1 aliphatic rings. The van der Waals surface area contributed by atoms with Crippen LogP contribution in [0.3, 0.4) is 0 Å². The third kappa shape index (κ3) is 5.56. The van der Waals surface area contributed by atoms with Gasteiger partial charge in [0.1, 0.15) is 5.75 Å². The molecule has 0 saturated carbocycles. The van der Waals surface area contributed by atoms with Gasteiger partial charge in [-0.3, -0.25) is 9.20 Å². The SMILES string of the molecule is COc1ccc(-c2cnc3c(Nc4ccc(C(=O)N5CCC(N(C)CCC#N)CC5)c(C)c4)nccn23)cc1. The Hall–Kier alpha value is -4.42. The molecule has 200 valence electrons. The zero-order valence-electron chi connectivity index (χ0n) is 22.6. The number of rotatable bonds is 8. The maximum atomic E-state index is 13.3. The van der Waals surface area contributed by atoms with Gasteiger partial charge in [0.05, 0.1) is 25.1 Å². The summed E-state index contributed by atoms with van der Waals surface area (Å²) in [6.45, 7) is 4.18. The van der Waals surface area contributed by atoms with Gasteiger partial charge in [-0.25, -0.2) is 9.97 Å². The lowest BCUT2D eigenvalue weighted by Crippen LogP contribution is -2.45. The van der Waals surface area contributed by atoms with Gasteiger partial charge >= 0.3 is 0 Å². The molecule has 1 saturated heterocycles. The van der Waals surface area contributed by atoms with Gasteiger partial charge in [0.25, 0.3) is 5.91 Å². The predicted octanol–water partition coefficient (Wildman–Crippen LogP) is 4.91. The number of carbonyl (C=O) groups excluding carboxylic acids is 1. The van der Waals surface area contributed by atoms with E-state index in [0.29, 0.717) is 29.5 Å². The van der Waals surface area contributed by atoms with Gasteiger partial charge in [-0.05, 0) is 74.8 Å². The van der Waals surface area contributed by atoms with Crippen molar-refractivity contribution < 1.29 is 9.53 Å². The van der Waals surface area contributed by atoms with Crippen LogP contribution < -0.4 is 10.1 Å². The van der Waals surface area contributed by atoms with E-state index in [-0.39, 0.29) is 5.91 Å². The second kappa shape index (κ2) is 11.5. The van der Waals surface area contributed by atoms with Crippen LogP contribution >= 0.6 is 0 Å². The number of benzene rings is 2. The van der Waals surface area contributed by atoms with Crippen molar-refractivity contribution >= 4 is 23.1 Å². The van der Waals surface area contributed by atoms with E-state index in [1.807, 2.05) is 71.1 Å². The quantitative estimate of drug-likeness (QED) is 0.350. The molecule has 4 aromatic rings. The van der Waals surface area contributed by atoms with E-state index in [1.165, 1.54) is 0 Å². The summed E-state index contributed by atoms with van der Waals surface area (Å²) in [7, 11) is 3.72. The summed E-state index contributed by atoms with van der Waals surface area (Å²) in [5.41, 5.74) is 5.16. The summed E-state index contributed by atoms with van der Waals surface area (Å²) in [5, 5.41) is 12.2. The van der Waals surface area contributed by atoms with E-state index in [2.05, 4.69) is 33.3 Å². The lowest BCUT2D eigenvalue weighted by molar-refractivity contribution is 0.0647. The van der Waals surface area contributed by atoms with Crippen molar-refractivity contribution in [2.24, 2.45) is 0 Å². The number of imidazole rings is 1. The van der Waals surface area contributed by atoms with Crippen LogP contribution in [0.1, 0.15) is 35.2 Å². The molecule has 39 heavy (non-hydrogen) atoms. The molecule has 1 aliphatic heterocycles. The Kier molecular flexibility index (Phi) is 7.75. The molecule has 1 N–H and O–H groups in total. The summed E-state index contributed by atoms with van der Waals surface area (Å²) in [6, 6.07) is 16.3. The van der Waals surface area contributed by atoms with Crippen molar-refractivity contribution in [3.05, 3.63) is 72.2 Å². The van der Waals surface area contributed by atoms with E-state index in [4.69, 9.17) is 10.00 Å². The monoisotopic (exact) mass is 523 g/mol. The van der Waals surface area contributed by atoms with Gasteiger partial charge < -0.3 is 19.9 Å². The maximum Gasteiger partial charge on any atom is 0.254 e. The first kappa shape index (κ1) is 26.2. The van der Waals surface area contributed by atoms with Gasteiger partial charge in [-0.2, -0.15) is 5.26 Å². The fourth-order valence-electron chi connectivity index (χ4n) is 5.19. The van der Waals surface area contributed by atoms with E-state index in [9.17, 15) is 4.79 Å². The van der Waals surface area contributed by atoms with Gasteiger partial charge in [0.15, 0.2) is 11.5 Å². The van der Waals surface area contributed by atoms with Crippen LogP contribution in [-0.2, 0) is 0 Å². The van der Waals surface area contributed by atoms with Crippen molar-refractivity contribution in [2.75, 3.05) is 39.1 Å². The van der Waals surface area contributed by atoms with Gasteiger partial charge in [0.2, 0.25) is 0 Å². The summed E-state index contributed by atoms with van der Waals surface area (Å²) in [5.74, 6) is 1.51. The zero-order chi connectivity index (χ0) is 27.4. The van der Waals surface area contributed by atoms with Crippen LogP contribution in [0.15, 0.2) is 61.1 Å². The van der Waals surface area contributed by atoms with Crippen LogP contribution in [0.5, 0.6) is 5.75 Å². The number of carbonyl (C=O) groups is 1. The van der Waals surface area contributed by atoms with Crippen molar-refractivity contribution in [1.29, 1.82) is 5.26 Å². The normalized spacial score (nSPS) is 14.0. The summed E-state index contributed by atoms with van der Waals surface area (Å²) < 4.78 is 7.28. The average molecular weight is 524 g/mol. The third-order valence-electron chi connectivity index (χ3n) is 7.48. The van der Waals surface area contributed by atoms with Crippen LogP contribution in [-0.4, -0.2) is 69.9 Å². The molecule has 0 bridgehead atoms. The smallest absolute Gasteiger partial charge is 0.254 e. The molecule has 0 atom stereocenters. The number of nitriles is 1. The van der Waals surface area contributed by atoms with E-state index >= 15 is 0 Å². The fourth-order valence-corrected chi connectivity index (χ4v) is 5.19. The van der Waals surface area contributed by atoms with E-state index in [1.54, 1.807) is 13.3 Å². The number of amides is 1. The summed E-state index contributed by atoms with van der Waals surface area (Å²) in [4.78, 5) is 26.6. The molecule has 0 unspecified atom stereocenters. The number of hydrogen-bond donors (Lipinski definition) is 1. The molecule has 0 spiro atoms. The Morgan fingerprint density at radius 1 is 1.18 bits per heavy atom. The van der Waals surface area contributed by atoms with Gasteiger partial charge in [0, 0.05) is 61.3 Å². The number of nitrogens with zero attached hydrogens (tertiary/aromatic N) is 6. The number of methoxy groups -OCH3 is 1. The molecule has 1 amide bonds. The van der Waals surface area contributed by atoms with Gasteiger partial charge in [-0.1, -0.05) is 0 Å². The highest BCUT2D eigenvalue weighted by atomic mass is 16.5. The second-order valence-electron chi connectivity index (χ2n) is 9.91. The van der Waals surface area contributed by atoms with E-state index in [0.717, 1.165) is 60.7 Å². The number of fused-ring (bicyclic) bond motifs is 1. The highest BCUT2D eigenvalue weighted by Gasteiger charge is 2.26. The number of anilines is 2. The highest BCUT2D eigenvalue weighted by molar-refractivity contribution is 5.96. The maximum absolute atomic E-state index is 13.3. The molecule has 5 rings (SSSR count).